The number of aromatic amines is 1. The van der Waals surface area contributed by atoms with Crippen LogP contribution in [-0.2, 0) is 0 Å². The van der Waals surface area contributed by atoms with Crippen LogP contribution < -0.4 is 5.73 Å². The van der Waals surface area contributed by atoms with Gasteiger partial charge in [0.25, 0.3) is 0 Å². The molecule has 2 unspecified atom stereocenters. The molecule has 0 saturated carbocycles. The van der Waals surface area contributed by atoms with Gasteiger partial charge < -0.3 is 10.7 Å². The molecule has 3 nitrogen and oxygen atoms in total. The summed E-state index contributed by atoms with van der Waals surface area (Å²) in [4.78, 5) is 9.30. The number of rotatable bonds is 4. The Balaban J connectivity index is 1.90. The van der Waals surface area contributed by atoms with Gasteiger partial charge in [-0.15, -0.1) is 11.3 Å². The fourth-order valence-electron chi connectivity index (χ4n) is 2.18. The lowest BCUT2D eigenvalue weighted by Gasteiger charge is -2.17. The second-order valence-corrected chi connectivity index (χ2v) is 8.12. The molecule has 0 aliphatic heterocycles. The largest absolute Gasteiger partial charge is 0.333 e. The van der Waals surface area contributed by atoms with Gasteiger partial charge in [-0.3, -0.25) is 0 Å². The molecule has 1 aromatic carbocycles. The lowest BCUT2D eigenvalue weighted by Crippen LogP contribution is -2.22. The van der Waals surface area contributed by atoms with Crippen molar-refractivity contribution >= 4 is 50.1 Å². The van der Waals surface area contributed by atoms with Crippen molar-refractivity contribution in [1.82, 2.24) is 9.97 Å². The van der Waals surface area contributed by atoms with Crippen molar-refractivity contribution in [3.8, 4) is 0 Å². The van der Waals surface area contributed by atoms with Crippen LogP contribution in [0.25, 0.3) is 11.0 Å². The van der Waals surface area contributed by atoms with Gasteiger partial charge in [-0.05, 0) is 53.5 Å². The zero-order chi connectivity index (χ0) is 15.0. The summed E-state index contributed by atoms with van der Waals surface area (Å²) in [6, 6.07) is 8.44. The van der Waals surface area contributed by atoms with Crippen molar-refractivity contribution in [1.29, 1.82) is 0 Å². The summed E-state index contributed by atoms with van der Waals surface area (Å²) < 4.78 is 1.11. The molecule has 6 heteroatoms. The number of aryl methyl sites for hydroxylation is 1. The van der Waals surface area contributed by atoms with Crippen molar-refractivity contribution in [3.05, 3.63) is 44.6 Å². The molecule has 0 aliphatic carbocycles. The standard InChI is InChI=1S/C15H16BrN3S2/c1-8-3-4-11-12(5-8)19-15(18-11)21-14(9(2)17)13-6-10(16)7-20-13/h3-7,9,14H,17H2,1-2H3,(H,18,19). The first-order valence-corrected chi connectivity index (χ1v) is 9.20. The van der Waals surface area contributed by atoms with Crippen molar-refractivity contribution in [2.45, 2.75) is 30.3 Å². The highest BCUT2D eigenvalue weighted by Gasteiger charge is 2.21. The third-order valence-corrected chi connectivity index (χ3v) is 6.48. The maximum absolute atomic E-state index is 6.17. The highest BCUT2D eigenvalue weighted by Crippen LogP contribution is 2.40. The minimum absolute atomic E-state index is 0.0514. The molecule has 0 saturated heterocycles. The topological polar surface area (TPSA) is 54.7 Å². The van der Waals surface area contributed by atoms with Crippen molar-refractivity contribution in [2.75, 3.05) is 0 Å². The van der Waals surface area contributed by atoms with Crippen LogP contribution in [0.4, 0.5) is 0 Å². The van der Waals surface area contributed by atoms with E-state index in [-0.39, 0.29) is 11.3 Å². The number of thioether (sulfide) groups is 1. The van der Waals surface area contributed by atoms with Crippen LogP contribution in [0.15, 0.2) is 39.3 Å². The smallest absolute Gasteiger partial charge is 0.167 e. The molecule has 3 aromatic rings. The van der Waals surface area contributed by atoms with Gasteiger partial charge in [-0.1, -0.05) is 17.8 Å². The Morgan fingerprint density at radius 1 is 1.38 bits per heavy atom. The molecule has 21 heavy (non-hydrogen) atoms. The average Bonchev–Trinajstić information content (AvgIpc) is 3.01. The Bertz CT molecular complexity index is 763. The number of H-pyrrole nitrogens is 1. The zero-order valence-corrected chi connectivity index (χ0v) is 15.0. The second-order valence-electron chi connectivity index (χ2n) is 5.13. The minimum Gasteiger partial charge on any atom is -0.333 e. The van der Waals surface area contributed by atoms with E-state index < -0.39 is 0 Å². The van der Waals surface area contributed by atoms with Gasteiger partial charge in [0.1, 0.15) is 0 Å². The maximum Gasteiger partial charge on any atom is 0.167 e. The van der Waals surface area contributed by atoms with Crippen LogP contribution in [0.1, 0.15) is 22.6 Å². The van der Waals surface area contributed by atoms with Gasteiger partial charge in [-0.2, -0.15) is 0 Å². The fourth-order valence-corrected chi connectivity index (χ4v) is 4.99. The molecule has 2 atom stereocenters. The Labute approximate surface area is 140 Å². The molecule has 2 aromatic heterocycles. The Kier molecular flexibility index (Phi) is 4.40. The van der Waals surface area contributed by atoms with Gasteiger partial charge in [0.05, 0.1) is 16.3 Å². The minimum atomic E-state index is 0.0514. The average molecular weight is 382 g/mol. The third kappa shape index (κ3) is 3.34. The number of nitrogens with zero attached hydrogens (tertiary/aromatic N) is 1. The SMILES string of the molecule is Cc1ccc2nc(SC(c3cc(Br)cs3)C(C)N)[nH]c2c1. The highest BCUT2D eigenvalue weighted by molar-refractivity contribution is 9.10. The molecule has 0 spiro atoms. The number of hydrogen-bond acceptors (Lipinski definition) is 4. The summed E-state index contributed by atoms with van der Waals surface area (Å²) in [5.74, 6) is 0. The number of aromatic nitrogens is 2. The summed E-state index contributed by atoms with van der Waals surface area (Å²) >= 11 is 6.93. The quantitative estimate of drug-likeness (QED) is 0.633. The zero-order valence-electron chi connectivity index (χ0n) is 11.8. The number of nitrogens with two attached hydrogens (primary N) is 1. The van der Waals surface area contributed by atoms with E-state index in [0.717, 1.165) is 20.7 Å². The summed E-state index contributed by atoms with van der Waals surface area (Å²) in [5.41, 5.74) is 9.48. The number of halogens is 1. The maximum atomic E-state index is 6.17. The predicted molar refractivity (Wildman–Crippen MR) is 95.1 cm³/mol. The number of fused-ring (bicyclic) bond motifs is 1. The summed E-state index contributed by atoms with van der Waals surface area (Å²) in [6.07, 6.45) is 0. The predicted octanol–water partition coefficient (Wildman–Crippen LogP) is 4.88. The Morgan fingerprint density at radius 3 is 2.86 bits per heavy atom. The van der Waals surface area contributed by atoms with E-state index in [0.29, 0.717) is 0 Å². The molecule has 3 rings (SSSR count). The molecule has 110 valence electrons. The first-order chi connectivity index (χ1) is 10.0. The molecule has 2 heterocycles. The number of imidazole rings is 1. The molecule has 0 fully saturated rings. The van der Waals surface area contributed by atoms with Gasteiger partial charge in [0.15, 0.2) is 5.16 Å². The second kappa shape index (κ2) is 6.12. The fraction of sp³-hybridized carbons (Fsp3) is 0.267. The van der Waals surface area contributed by atoms with Gasteiger partial charge in [0, 0.05) is 20.8 Å². The van der Waals surface area contributed by atoms with Crippen LogP contribution in [-0.4, -0.2) is 16.0 Å². The van der Waals surface area contributed by atoms with Crippen LogP contribution in [0.2, 0.25) is 0 Å². The normalized spacial score (nSPS) is 14.5. The van der Waals surface area contributed by atoms with E-state index in [9.17, 15) is 0 Å². The van der Waals surface area contributed by atoms with Crippen molar-refractivity contribution in [2.24, 2.45) is 5.73 Å². The van der Waals surface area contributed by atoms with Crippen LogP contribution >= 0.6 is 39.0 Å². The number of nitrogens with one attached hydrogen (secondary N) is 1. The molecule has 0 bridgehead atoms. The molecule has 0 radical (unpaired) electrons. The number of benzene rings is 1. The van der Waals surface area contributed by atoms with Gasteiger partial charge in [-0.25, -0.2) is 4.98 Å². The van der Waals surface area contributed by atoms with E-state index in [1.807, 2.05) is 13.0 Å². The number of thiophene rings is 1. The summed E-state index contributed by atoms with van der Waals surface area (Å²) in [5, 5.41) is 3.21. The van der Waals surface area contributed by atoms with E-state index in [1.54, 1.807) is 23.1 Å². The first-order valence-electron chi connectivity index (χ1n) is 6.65. The van der Waals surface area contributed by atoms with Gasteiger partial charge in [0.2, 0.25) is 0 Å². The summed E-state index contributed by atoms with van der Waals surface area (Å²) in [7, 11) is 0. The monoisotopic (exact) mass is 381 g/mol. The first kappa shape index (κ1) is 15.1. The lowest BCUT2D eigenvalue weighted by atomic mass is 10.2. The van der Waals surface area contributed by atoms with Crippen molar-refractivity contribution < 1.29 is 0 Å². The van der Waals surface area contributed by atoms with E-state index >= 15 is 0 Å². The molecule has 0 amide bonds. The number of hydrogen-bond donors (Lipinski definition) is 2. The van der Waals surface area contributed by atoms with E-state index in [1.165, 1.54) is 10.4 Å². The summed E-state index contributed by atoms with van der Waals surface area (Å²) in [6.45, 7) is 4.12. The van der Waals surface area contributed by atoms with Crippen LogP contribution in [0.5, 0.6) is 0 Å². The highest BCUT2D eigenvalue weighted by atomic mass is 79.9. The lowest BCUT2D eigenvalue weighted by molar-refractivity contribution is 0.727. The Hall–Kier alpha value is -0.820. The molecule has 3 N–H and O–H groups in total. The third-order valence-electron chi connectivity index (χ3n) is 3.20. The van der Waals surface area contributed by atoms with Crippen LogP contribution in [0, 0.1) is 6.92 Å². The van der Waals surface area contributed by atoms with E-state index in [4.69, 9.17) is 5.73 Å². The molecular formula is C15H16BrN3S2. The van der Waals surface area contributed by atoms with Gasteiger partial charge >= 0.3 is 0 Å². The molecular weight excluding hydrogens is 366 g/mol. The van der Waals surface area contributed by atoms with Crippen molar-refractivity contribution in [3.63, 3.8) is 0 Å². The Morgan fingerprint density at radius 2 is 2.19 bits per heavy atom. The molecule has 0 aliphatic rings. The van der Waals surface area contributed by atoms with E-state index in [2.05, 4.69) is 56.4 Å². The van der Waals surface area contributed by atoms with Crippen LogP contribution in [0.3, 0.4) is 0 Å².